The Morgan fingerprint density at radius 3 is 2.44 bits per heavy atom. The van der Waals surface area contributed by atoms with Gasteiger partial charge >= 0.3 is 0 Å². The highest BCUT2D eigenvalue weighted by molar-refractivity contribution is 7.89. The minimum atomic E-state index is -3.63. The number of aromatic nitrogens is 4. The number of nitrogens with one attached hydrogen (secondary N) is 1. The molecule has 3 rings (SSSR count). The van der Waals surface area contributed by atoms with Crippen molar-refractivity contribution in [2.45, 2.75) is 37.6 Å². The standard InChI is InChI=1S/C17H25FN6O2S/c1-12(2)16-22-15(11-23(16)3)27(25,26)21-8-13-4-6-24(7-5-13)17-19-9-14(18)10-20-17/h9-13,21H,4-8H2,1-3H3. The van der Waals surface area contributed by atoms with Gasteiger partial charge in [0.1, 0.15) is 5.82 Å². The van der Waals surface area contributed by atoms with Crippen molar-refractivity contribution in [1.82, 2.24) is 24.2 Å². The summed E-state index contributed by atoms with van der Waals surface area (Å²) in [5.41, 5.74) is 0. The van der Waals surface area contributed by atoms with Gasteiger partial charge < -0.3 is 9.47 Å². The molecule has 27 heavy (non-hydrogen) atoms. The Balaban J connectivity index is 1.55. The van der Waals surface area contributed by atoms with E-state index in [-0.39, 0.29) is 16.9 Å². The maximum atomic E-state index is 12.9. The highest BCUT2D eigenvalue weighted by Crippen LogP contribution is 2.21. The normalized spacial score (nSPS) is 16.3. The summed E-state index contributed by atoms with van der Waals surface area (Å²) in [6.45, 7) is 5.74. The second-order valence-corrected chi connectivity index (χ2v) is 8.90. The van der Waals surface area contributed by atoms with Crippen molar-refractivity contribution in [2.24, 2.45) is 13.0 Å². The Hall–Kier alpha value is -2.07. The first-order valence-electron chi connectivity index (χ1n) is 9.01. The van der Waals surface area contributed by atoms with Crippen LogP contribution in [0.3, 0.4) is 0 Å². The van der Waals surface area contributed by atoms with E-state index in [0.29, 0.717) is 25.6 Å². The van der Waals surface area contributed by atoms with Crippen LogP contribution in [0.1, 0.15) is 38.4 Å². The molecular formula is C17H25FN6O2S. The van der Waals surface area contributed by atoms with Crippen molar-refractivity contribution in [3.63, 3.8) is 0 Å². The molecule has 1 fully saturated rings. The number of hydrogen-bond acceptors (Lipinski definition) is 6. The fourth-order valence-corrected chi connectivity index (χ4v) is 4.34. The molecule has 0 radical (unpaired) electrons. The summed E-state index contributed by atoms with van der Waals surface area (Å²) in [4.78, 5) is 14.2. The first kappa shape index (κ1) is 19.7. The van der Waals surface area contributed by atoms with Gasteiger partial charge in [-0.3, -0.25) is 0 Å². The average molecular weight is 396 g/mol. The SMILES string of the molecule is CC(C)c1nc(S(=O)(=O)NCC2CCN(c3ncc(F)cn3)CC2)cn1C. The van der Waals surface area contributed by atoms with Crippen molar-refractivity contribution in [1.29, 1.82) is 0 Å². The lowest BCUT2D eigenvalue weighted by molar-refractivity contribution is 0.398. The minimum Gasteiger partial charge on any atom is -0.341 e. The predicted molar refractivity (Wildman–Crippen MR) is 99.4 cm³/mol. The number of nitrogens with zero attached hydrogens (tertiary/aromatic N) is 5. The first-order valence-corrected chi connectivity index (χ1v) is 10.5. The summed E-state index contributed by atoms with van der Waals surface area (Å²) in [6, 6.07) is 0. The van der Waals surface area contributed by atoms with Crippen molar-refractivity contribution in [3.05, 3.63) is 30.2 Å². The molecule has 0 unspecified atom stereocenters. The Labute approximate surface area is 158 Å². The van der Waals surface area contributed by atoms with Crippen LogP contribution >= 0.6 is 0 Å². The van der Waals surface area contributed by atoms with Crippen molar-refractivity contribution in [2.75, 3.05) is 24.5 Å². The summed E-state index contributed by atoms with van der Waals surface area (Å²) in [5, 5.41) is 0.0610. The molecule has 1 aliphatic heterocycles. The van der Waals surface area contributed by atoms with E-state index in [9.17, 15) is 12.8 Å². The Morgan fingerprint density at radius 2 is 1.89 bits per heavy atom. The quantitative estimate of drug-likeness (QED) is 0.798. The summed E-state index contributed by atoms with van der Waals surface area (Å²) >= 11 is 0. The van der Waals surface area contributed by atoms with Crippen LogP contribution in [0.15, 0.2) is 23.6 Å². The molecule has 0 aliphatic carbocycles. The van der Waals surface area contributed by atoms with E-state index < -0.39 is 15.8 Å². The first-order chi connectivity index (χ1) is 12.8. The Bertz CT molecular complexity index is 873. The molecule has 1 saturated heterocycles. The van der Waals surface area contributed by atoms with E-state index in [1.54, 1.807) is 17.8 Å². The summed E-state index contributed by atoms with van der Waals surface area (Å²) < 4.78 is 42.4. The third kappa shape index (κ3) is 4.62. The molecule has 2 aromatic rings. The van der Waals surface area contributed by atoms with Crippen LogP contribution in [-0.2, 0) is 17.1 Å². The average Bonchev–Trinajstić information content (AvgIpc) is 3.04. The lowest BCUT2D eigenvalue weighted by atomic mass is 9.97. The highest BCUT2D eigenvalue weighted by atomic mass is 32.2. The highest BCUT2D eigenvalue weighted by Gasteiger charge is 2.25. The lowest BCUT2D eigenvalue weighted by Gasteiger charge is -2.31. The maximum Gasteiger partial charge on any atom is 0.259 e. The molecule has 8 nitrogen and oxygen atoms in total. The topological polar surface area (TPSA) is 93.0 Å². The van der Waals surface area contributed by atoms with Gasteiger partial charge in [-0.05, 0) is 18.8 Å². The van der Waals surface area contributed by atoms with Crippen LogP contribution in [0.4, 0.5) is 10.3 Å². The molecule has 148 valence electrons. The monoisotopic (exact) mass is 396 g/mol. The molecule has 0 atom stereocenters. The van der Waals surface area contributed by atoms with Gasteiger partial charge in [0.15, 0.2) is 10.8 Å². The van der Waals surface area contributed by atoms with Gasteiger partial charge in [0, 0.05) is 38.8 Å². The number of rotatable bonds is 6. The summed E-state index contributed by atoms with van der Waals surface area (Å²) in [7, 11) is -1.83. The molecular weight excluding hydrogens is 371 g/mol. The second kappa shape index (κ2) is 7.89. The predicted octanol–water partition coefficient (Wildman–Crippen LogP) is 1.67. The van der Waals surface area contributed by atoms with Crippen molar-refractivity contribution < 1.29 is 12.8 Å². The third-order valence-corrected chi connectivity index (χ3v) is 6.04. The summed E-state index contributed by atoms with van der Waals surface area (Å²) in [5.74, 6) is 1.16. The minimum absolute atomic E-state index is 0.0610. The molecule has 0 spiro atoms. The van der Waals surface area contributed by atoms with E-state index in [1.165, 1.54) is 0 Å². The number of halogens is 1. The molecule has 0 amide bonds. The van der Waals surface area contributed by atoms with Gasteiger partial charge in [-0.25, -0.2) is 32.5 Å². The van der Waals surface area contributed by atoms with Gasteiger partial charge in [0.05, 0.1) is 12.4 Å². The van der Waals surface area contributed by atoms with Crippen molar-refractivity contribution >= 4 is 16.0 Å². The van der Waals surface area contributed by atoms with E-state index in [4.69, 9.17) is 0 Å². The van der Waals surface area contributed by atoms with Crippen LogP contribution < -0.4 is 9.62 Å². The molecule has 2 aromatic heterocycles. The Kier molecular flexibility index (Phi) is 5.75. The van der Waals surface area contributed by atoms with Crippen LogP contribution in [0.5, 0.6) is 0 Å². The van der Waals surface area contributed by atoms with Gasteiger partial charge in [0.25, 0.3) is 10.0 Å². The summed E-state index contributed by atoms with van der Waals surface area (Å²) in [6.07, 6.45) is 5.47. The van der Waals surface area contributed by atoms with Gasteiger partial charge in [-0.2, -0.15) is 0 Å². The molecule has 1 aliphatic rings. The fourth-order valence-electron chi connectivity index (χ4n) is 3.23. The van der Waals surface area contributed by atoms with Crippen molar-refractivity contribution in [3.8, 4) is 0 Å². The largest absolute Gasteiger partial charge is 0.341 e. The number of imidazole rings is 1. The van der Waals surface area contributed by atoms with Crippen LogP contribution in [0.25, 0.3) is 0 Å². The molecule has 0 aromatic carbocycles. The van der Waals surface area contributed by atoms with Crippen LogP contribution in [-0.4, -0.2) is 47.6 Å². The van der Waals surface area contributed by atoms with E-state index in [2.05, 4.69) is 19.7 Å². The zero-order chi connectivity index (χ0) is 19.6. The molecule has 0 bridgehead atoms. The zero-order valence-corrected chi connectivity index (χ0v) is 16.6. The number of sulfonamides is 1. The maximum absolute atomic E-state index is 12.9. The molecule has 1 N–H and O–H groups in total. The molecule has 0 saturated carbocycles. The van der Waals surface area contributed by atoms with E-state index in [1.807, 2.05) is 18.7 Å². The van der Waals surface area contributed by atoms with Gasteiger partial charge in [-0.15, -0.1) is 0 Å². The van der Waals surface area contributed by atoms with Crippen LogP contribution in [0.2, 0.25) is 0 Å². The Morgan fingerprint density at radius 1 is 1.26 bits per heavy atom. The number of piperidine rings is 1. The van der Waals surface area contributed by atoms with Gasteiger partial charge in [0.2, 0.25) is 5.95 Å². The van der Waals surface area contributed by atoms with E-state index in [0.717, 1.165) is 31.1 Å². The smallest absolute Gasteiger partial charge is 0.259 e. The molecule has 10 heteroatoms. The van der Waals surface area contributed by atoms with Crippen LogP contribution in [0, 0.1) is 11.7 Å². The molecule has 3 heterocycles. The number of aryl methyl sites for hydroxylation is 1. The zero-order valence-electron chi connectivity index (χ0n) is 15.8. The number of anilines is 1. The third-order valence-electron chi connectivity index (χ3n) is 4.75. The second-order valence-electron chi connectivity index (χ2n) is 7.19. The van der Waals surface area contributed by atoms with E-state index >= 15 is 0 Å². The fraction of sp³-hybridized carbons (Fsp3) is 0.588. The van der Waals surface area contributed by atoms with Gasteiger partial charge in [-0.1, -0.05) is 13.8 Å². The lowest BCUT2D eigenvalue weighted by Crippen LogP contribution is -2.39. The number of hydrogen-bond donors (Lipinski definition) is 1.